The zero-order valence-electron chi connectivity index (χ0n) is 12.0. The minimum absolute atomic E-state index is 0.236. The molecule has 5 heteroatoms. The summed E-state index contributed by atoms with van der Waals surface area (Å²) in [5.41, 5.74) is 8.53. The number of nitrogen functional groups attached to an aromatic ring is 1. The second kappa shape index (κ2) is 5.85. The molecular formula is C16H18N2O2S. The highest BCUT2D eigenvalue weighted by molar-refractivity contribution is 7.13. The van der Waals surface area contributed by atoms with Crippen LogP contribution >= 0.6 is 11.3 Å². The molecule has 4 nitrogen and oxygen atoms in total. The molecule has 1 saturated carbocycles. The van der Waals surface area contributed by atoms with E-state index in [9.17, 15) is 4.79 Å². The Kier molecular flexibility index (Phi) is 3.92. The topological polar surface area (TPSA) is 65.2 Å². The van der Waals surface area contributed by atoms with Gasteiger partial charge in [-0.2, -0.15) is 0 Å². The van der Waals surface area contributed by atoms with Gasteiger partial charge in [-0.05, 0) is 37.5 Å². The smallest absolute Gasteiger partial charge is 0.350 e. The molecule has 0 atom stereocenters. The van der Waals surface area contributed by atoms with Crippen LogP contribution in [-0.2, 0) is 11.2 Å². The zero-order chi connectivity index (χ0) is 14.8. The van der Waals surface area contributed by atoms with E-state index < -0.39 is 0 Å². The molecule has 2 N–H and O–H groups in total. The van der Waals surface area contributed by atoms with Crippen LogP contribution in [0.4, 0.5) is 5.69 Å². The highest BCUT2D eigenvalue weighted by atomic mass is 32.1. The van der Waals surface area contributed by atoms with E-state index in [-0.39, 0.29) is 5.97 Å². The molecule has 0 spiro atoms. The van der Waals surface area contributed by atoms with Crippen LogP contribution in [0.1, 0.15) is 51.6 Å². The minimum atomic E-state index is -0.236. The standard InChI is InChI=1S/C16H18N2O2S/c1-2-20-16(19)15-14(11-5-6-11)18-13(21-15)9-10-3-7-12(17)8-4-10/h3-4,7-8,11H,2,5-6,9,17H2,1H3. The Hall–Kier alpha value is -1.88. The van der Waals surface area contributed by atoms with Gasteiger partial charge in [0, 0.05) is 18.0 Å². The van der Waals surface area contributed by atoms with Gasteiger partial charge in [0.15, 0.2) is 0 Å². The van der Waals surface area contributed by atoms with Gasteiger partial charge < -0.3 is 10.5 Å². The molecule has 0 radical (unpaired) electrons. The first-order valence-corrected chi connectivity index (χ1v) is 8.00. The average Bonchev–Trinajstić information content (AvgIpc) is 3.23. The van der Waals surface area contributed by atoms with Gasteiger partial charge in [-0.25, -0.2) is 9.78 Å². The number of ether oxygens (including phenoxy) is 1. The van der Waals surface area contributed by atoms with Crippen LogP contribution in [-0.4, -0.2) is 17.6 Å². The number of benzene rings is 1. The van der Waals surface area contributed by atoms with Gasteiger partial charge in [0.05, 0.1) is 17.3 Å². The van der Waals surface area contributed by atoms with Gasteiger partial charge in [0.1, 0.15) is 4.88 Å². The van der Waals surface area contributed by atoms with E-state index in [4.69, 9.17) is 10.5 Å². The van der Waals surface area contributed by atoms with Crippen LogP contribution in [0.15, 0.2) is 24.3 Å². The van der Waals surface area contributed by atoms with E-state index >= 15 is 0 Å². The van der Waals surface area contributed by atoms with Gasteiger partial charge in [0.2, 0.25) is 0 Å². The largest absolute Gasteiger partial charge is 0.462 e. The number of aromatic nitrogens is 1. The van der Waals surface area contributed by atoms with Crippen LogP contribution in [0.5, 0.6) is 0 Å². The summed E-state index contributed by atoms with van der Waals surface area (Å²) in [6.45, 7) is 2.22. The summed E-state index contributed by atoms with van der Waals surface area (Å²) >= 11 is 1.46. The van der Waals surface area contributed by atoms with Crippen molar-refractivity contribution in [1.29, 1.82) is 0 Å². The SMILES string of the molecule is CCOC(=O)c1sc(Cc2ccc(N)cc2)nc1C1CC1. The summed E-state index contributed by atoms with van der Waals surface area (Å²) in [6.07, 6.45) is 2.97. The Bertz CT molecular complexity index is 645. The van der Waals surface area contributed by atoms with Crippen LogP contribution < -0.4 is 5.73 Å². The van der Waals surface area contributed by atoms with Crippen molar-refractivity contribution in [2.75, 3.05) is 12.3 Å². The number of rotatable bonds is 5. The third kappa shape index (κ3) is 3.24. The summed E-state index contributed by atoms with van der Waals surface area (Å²) in [5.74, 6) is 0.210. The van der Waals surface area contributed by atoms with E-state index in [0.717, 1.165) is 41.2 Å². The lowest BCUT2D eigenvalue weighted by atomic mass is 10.1. The summed E-state index contributed by atoms with van der Waals surface area (Å²) < 4.78 is 5.14. The van der Waals surface area contributed by atoms with Gasteiger partial charge >= 0.3 is 5.97 Å². The molecule has 2 aromatic rings. The fourth-order valence-corrected chi connectivity index (χ4v) is 3.32. The first-order chi connectivity index (χ1) is 10.2. The second-order valence-corrected chi connectivity index (χ2v) is 6.32. The van der Waals surface area contributed by atoms with E-state index in [1.54, 1.807) is 0 Å². The van der Waals surface area contributed by atoms with Gasteiger partial charge in [-0.15, -0.1) is 11.3 Å². The van der Waals surface area contributed by atoms with Crippen molar-refractivity contribution in [2.24, 2.45) is 0 Å². The maximum Gasteiger partial charge on any atom is 0.350 e. The third-order valence-corrected chi connectivity index (χ3v) is 4.51. The second-order valence-electron chi connectivity index (χ2n) is 5.24. The molecule has 0 saturated heterocycles. The number of carbonyl (C=O) groups excluding carboxylic acids is 1. The molecule has 0 bridgehead atoms. The third-order valence-electron chi connectivity index (χ3n) is 3.46. The molecule has 0 aliphatic heterocycles. The van der Waals surface area contributed by atoms with Crippen LogP contribution in [0.2, 0.25) is 0 Å². The number of anilines is 1. The Labute approximate surface area is 128 Å². The summed E-state index contributed by atoms with van der Waals surface area (Å²) in [4.78, 5) is 17.4. The predicted molar refractivity (Wildman–Crippen MR) is 83.7 cm³/mol. The molecule has 1 aromatic carbocycles. The maximum absolute atomic E-state index is 12.0. The molecule has 21 heavy (non-hydrogen) atoms. The molecule has 0 unspecified atom stereocenters. The molecular weight excluding hydrogens is 284 g/mol. The molecule has 1 aromatic heterocycles. The predicted octanol–water partition coefficient (Wildman–Crippen LogP) is 3.37. The van der Waals surface area contributed by atoms with Crippen molar-refractivity contribution in [2.45, 2.75) is 32.1 Å². The van der Waals surface area contributed by atoms with E-state index in [0.29, 0.717) is 17.4 Å². The Morgan fingerprint density at radius 3 is 2.71 bits per heavy atom. The maximum atomic E-state index is 12.0. The highest BCUT2D eigenvalue weighted by Crippen LogP contribution is 2.43. The summed E-state index contributed by atoms with van der Waals surface area (Å²) in [5, 5.41) is 0.963. The minimum Gasteiger partial charge on any atom is -0.462 e. The van der Waals surface area contributed by atoms with Gasteiger partial charge in [-0.3, -0.25) is 0 Å². The molecule has 110 valence electrons. The van der Waals surface area contributed by atoms with Crippen LogP contribution in [0.3, 0.4) is 0 Å². The fourth-order valence-electron chi connectivity index (χ4n) is 2.24. The Balaban J connectivity index is 1.84. The van der Waals surface area contributed by atoms with Crippen molar-refractivity contribution in [3.05, 3.63) is 45.4 Å². The molecule has 1 heterocycles. The monoisotopic (exact) mass is 302 g/mol. The van der Waals surface area contributed by atoms with E-state index in [2.05, 4.69) is 4.98 Å². The normalized spacial score (nSPS) is 14.1. The van der Waals surface area contributed by atoms with Crippen molar-refractivity contribution >= 4 is 23.0 Å². The van der Waals surface area contributed by atoms with E-state index in [1.165, 1.54) is 11.3 Å². The zero-order valence-corrected chi connectivity index (χ0v) is 12.8. The van der Waals surface area contributed by atoms with Crippen molar-refractivity contribution in [3.63, 3.8) is 0 Å². The van der Waals surface area contributed by atoms with Crippen LogP contribution in [0, 0.1) is 0 Å². The van der Waals surface area contributed by atoms with Gasteiger partial charge in [0.25, 0.3) is 0 Å². The molecule has 3 rings (SSSR count). The van der Waals surface area contributed by atoms with Crippen LogP contribution in [0.25, 0.3) is 0 Å². The number of carbonyl (C=O) groups is 1. The molecule has 0 amide bonds. The number of nitrogens with zero attached hydrogens (tertiary/aromatic N) is 1. The van der Waals surface area contributed by atoms with E-state index in [1.807, 2.05) is 31.2 Å². The Morgan fingerprint density at radius 2 is 2.10 bits per heavy atom. The Morgan fingerprint density at radius 1 is 1.38 bits per heavy atom. The fraction of sp³-hybridized carbons (Fsp3) is 0.375. The summed E-state index contributed by atoms with van der Waals surface area (Å²) in [6, 6.07) is 7.77. The quantitative estimate of drug-likeness (QED) is 0.679. The first-order valence-electron chi connectivity index (χ1n) is 7.18. The van der Waals surface area contributed by atoms with Crippen molar-refractivity contribution in [1.82, 2.24) is 4.98 Å². The number of esters is 1. The van der Waals surface area contributed by atoms with Gasteiger partial charge in [-0.1, -0.05) is 12.1 Å². The van der Waals surface area contributed by atoms with Crippen molar-refractivity contribution in [3.8, 4) is 0 Å². The lowest BCUT2D eigenvalue weighted by Gasteiger charge is -1.99. The lowest BCUT2D eigenvalue weighted by Crippen LogP contribution is -2.05. The highest BCUT2D eigenvalue weighted by Gasteiger charge is 2.32. The number of hydrogen-bond donors (Lipinski definition) is 1. The lowest BCUT2D eigenvalue weighted by molar-refractivity contribution is 0.0530. The number of hydrogen-bond acceptors (Lipinski definition) is 5. The summed E-state index contributed by atoms with van der Waals surface area (Å²) in [7, 11) is 0. The number of nitrogens with two attached hydrogens (primary N) is 1. The molecule has 1 aliphatic rings. The first kappa shape index (κ1) is 14.1. The molecule has 1 aliphatic carbocycles. The number of thiazole rings is 1. The average molecular weight is 302 g/mol. The molecule has 1 fully saturated rings. The van der Waals surface area contributed by atoms with Crippen molar-refractivity contribution < 1.29 is 9.53 Å².